The summed E-state index contributed by atoms with van der Waals surface area (Å²) in [5.41, 5.74) is 11.3. The minimum Gasteiger partial charge on any atom is -0.309 e. The molecular formula is C47H30N4. The van der Waals surface area contributed by atoms with E-state index in [0.717, 1.165) is 61.3 Å². The summed E-state index contributed by atoms with van der Waals surface area (Å²) in [5, 5.41) is 5.93. The van der Waals surface area contributed by atoms with Crippen molar-refractivity contribution in [2.24, 2.45) is 0 Å². The molecule has 4 heteroatoms. The van der Waals surface area contributed by atoms with E-state index >= 15 is 0 Å². The van der Waals surface area contributed by atoms with Crippen molar-refractivity contribution in [1.82, 2.24) is 19.5 Å². The van der Waals surface area contributed by atoms with Gasteiger partial charge in [-0.1, -0.05) is 152 Å². The summed E-state index contributed by atoms with van der Waals surface area (Å²) >= 11 is 0. The van der Waals surface area contributed by atoms with Crippen molar-refractivity contribution >= 4 is 43.5 Å². The minimum atomic E-state index is 0.705. The van der Waals surface area contributed by atoms with E-state index in [0.29, 0.717) is 5.82 Å². The number of fused-ring (bicyclic) bond motifs is 7. The van der Waals surface area contributed by atoms with Crippen LogP contribution in [0.3, 0.4) is 0 Å². The Morgan fingerprint density at radius 3 is 1.65 bits per heavy atom. The van der Waals surface area contributed by atoms with Gasteiger partial charge in [0.2, 0.25) is 0 Å². The van der Waals surface area contributed by atoms with Gasteiger partial charge in [0.25, 0.3) is 0 Å². The number of aromatic nitrogens is 4. The van der Waals surface area contributed by atoms with Gasteiger partial charge in [0.1, 0.15) is 0 Å². The highest BCUT2D eigenvalue weighted by Gasteiger charge is 2.20. The van der Waals surface area contributed by atoms with Crippen molar-refractivity contribution in [3.8, 4) is 50.8 Å². The number of hydrogen-bond acceptors (Lipinski definition) is 3. The number of nitrogens with zero attached hydrogens (tertiary/aromatic N) is 4. The van der Waals surface area contributed by atoms with Crippen LogP contribution in [-0.2, 0) is 0 Å². The fourth-order valence-electron chi connectivity index (χ4n) is 7.42. The largest absolute Gasteiger partial charge is 0.309 e. The molecule has 0 saturated heterocycles. The van der Waals surface area contributed by atoms with Crippen molar-refractivity contribution in [1.29, 1.82) is 0 Å². The highest BCUT2D eigenvalue weighted by molar-refractivity contribution is 6.26. The Labute approximate surface area is 295 Å². The number of para-hydroxylation sites is 3. The molecule has 10 rings (SSSR count). The number of benzene rings is 7. The van der Waals surface area contributed by atoms with Gasteiger partial charge in [-0.05, 0) is 30.3 Å². The minimum absolute atomic E-state index is 0.705. The van der Waals surface area contributed by atoms with Gasteiger partial charge in [-0.2, -0.15) is 0 Å². The van der Waals surface area contributed by atoms with E-state index in [1.807, 2.05) is 36.4 Å². The molecular weight excluding hydrogens is 621 g/mol. The molecule has 0 aliphatic carbocycles. The van der Waals surface area contributed by atoms with Crippen molar-refractivity contribution < 1.29 is 0 Å². The second kappa shape index (κ2) is 11.9. The Morgan fingerprint density at radius 2 is 0.922 bits per heavy atom. The molecule has 10 aromatic rings. The van der Waals surface area contributed by atoms with E-state index in [4.69, 9.17) is 15.0 Å². The van der Waals surface area contributed by atoms with E-state index < -0.39 is 0 Å². The lowest BCUT2D eigenvalue weighted by molar-refractivity contribution is 1.18. The van der Waals surface area contributed by atoms with Crippen LogP contribution in [0.5, 0.6) is 0 Å². The molecule has 0 radical (unpaired) electrons. The van der Waals surface area contributed by atoms with Crippen molar-refractivity contribution in [3.05, 3.63) is 182 Å². The molecule has 0 unspecified atom stereocenters. The molecule has 0 atom stereocenters. The lowest BCUT2D eigenvalue weighted by Gasteiger charge is -2.15. The second-order valence-corrected chi connectivity index (χ2v) is 12.8. The zero-order valence-corrected chi connectivity index (χ0v) is 27.6. The third-order valence-corrected chi connectivity index (χ3v) is 9.79. The van der Waals surface area contributed by atoms with E-state index in [9.17, 15) is 0 Å². The molecule has 51 heavy (non-hydrogen) atoms. The Morgan fingerprint density at radius 1 is 0.373 bits per heavy atom. The first-order valence-electron chi connectivity index (χ1n) is 17.2. The standard InChI is InChI=1S/C47H30N4/c1-4-14-31(15-5-1)41-30-42(50-47(49-41)34-16-6-2-7-17-34)32-24-26-33(27-25-32)45-39-29-28-37-36-20-11-13-23-43(36)51(35-18-8-3-9-19-35)46(37)44(39)38-21-10-12-22-40(38)48-45/h1-30H. The van der Waals surface area contributed by atoms with Crippen molar-refractivity contribution in [3.63, 3.8) is 0 Å². The molecule has 0 amide bonds. The lowest BCUT2D eigenvalue weighted by Crippen LogP contribution is -1.97. The molecule has 238 valence electrons. The molecule has 0 N–H and O–H groups in total. The van der Waals surface area contributed by atoms with Crippen LogP contribution in [0, 0.1) is 0 Å². The van der Waals surface area contributed by atoms with E-state index in [1.165, 1.54) is 27.2 Å². The molecule has 3 aromatic heterocycles. The van der Waals surface area contributed by atoms with Crippen LogP contribution in [0.15, 0.2) is 182 Å². The lowest BCUT2D eigenvalue weighted by atomic mass is 9.96. The summed E-state index contributed by atoms with van der Waals surface area (Å²) < 4.78 is 2.41. The second-order valence-electron chi connectivity index (χ2n) is 12.8. The molecule has 0 spiro atoms. The van der Waals surface area contributed by atoms with E-state index in [2.05, 4.69) is 150 Å². The molecule has 7 aromatic carbocycles. The molecule has 0 bridgehead atoms. The van der Waals surface area contributed by atoms with Gasteiger partial charge in [0.05, 0.1) is 33.6 Å². The molecule has 0 fully saturated rings. The number of pyridine rings is 1. The monoisotopic (exact) mass is 650 g/mol. The summed E-state index contributed by atoms with van der Waals surface area (Å²) in [5.74, 6) is 0.705. The first-order valence-corrected chi connectivity index (χ1v) is 17.2. The third kappa shape index (κ3) is 4.88. The highest BCUT2D eigenvalue weighted by atomic mass is 15.0. The van der Waals surface area contributed by atoms with E-state index in [-0.39, 0.29) is 0 Å². The fraction of sp³-hybridized carbons (Fsp3) is 0. The first kappa shape index (κ1) is 29.0. The van der Waals surface area contributed by atoms with Gasteiger partial charge in [-0.25, -0.2) is 15.0 Å². The van der Waals surface area contributed by atoms with Crippen LogP contribution in [0.2, 0.25) is 0 Å². The van der Waals surface area contributed by atoms with Gasteiger partial charge in [-0.3, -0.25) is 0 Å². The molecule has 0 saturated carbocycles. The van der Waals surface area contributed by atoms with Crippen LogP contribution in [0.25, 0.3) is 94.3 Å². The summed E-state index contributed by atoms with van der Waals surface area (Å²) in [6.45, 7) is 0. The van der Waals surface area contributed by atoms with Gasteiger partial charge in [-0.15, -0.1) is 0 Å². The third-order valence-electron chi connectivity index (χ3n) is 9.79. The van der Waals surface area contributed by atoms with Crippen molar-refractivity contribution in [2.75, 3.05) is 0 Å². The van der Waals surface area contributed by atoms with Crippen LogP contribution in [-0.4, -0.2) is 19.5 Å². The van der Waals surface area contributed by atoms with Gasteiger partial charge < -0.3 is 4.57 Å². The summed E-state index contributed by atoms with van der Waals surface area (Å²) in [6.07, 6.45) is 0. The van der Waals surface area contributed by atoms with Crippen LogP contribution in [0.1, 0.15) is 0 Å². The normalized spacial score (nSPS) is 11.5. The Kier molecular flexibility index (Phi) is 6.78. The predicted octanol–water partition coefficient (Wildman–Crippen LogP) is 11.9. The zero-order chi connectivity index (χ0) is 33.7. The smallest absolute Gasteiger partial charge is 0.160 e. The Balaban J connectivity index is 1.18. The van der Waals surface area contributed by atoms with Gasteiger partial charge >= 0.3 is 0 Å². The maximum atomic E-state index is 5.31. The van der Waals surface area contributed by atoms with Crippen molar-refractivity contribution in [2.45, 2.75) is 0 Å². The molecule has 0 aliphatic rings. The average Bonchev–Trinajstić information content (AvgIpc) is 3.56. The Bertz CT molecular complexity index is 2820. The summed E-state index contributed by atoms with van der Waals surface area (Å²) in [6, 6.07) is 63.6. The quantitative estimate of drug-likeness (QED) is 0.174. The average molecular weight is 651 g/mol. The maximum absolute atomic E-state index is 5.31. The number of hydrogen-bond donors (Lipinski definition) is 0. The van der Waals surface area contributed by atoms with Crippen LogP contribution in [0.4, 0.5) is 0 Å². The topological polar surface area (TPSA) is 43.6 Å². The molecule has 0 aliphatic heterocycles. The Hall–Kier alpha value is -6.91. The summed E-state index contributed by atoms with van der Waals surface area (Å²) in [4.78, 5) is 15.3. The highest BCUT2D eigenvalue weighted by Crippen LogP contribution is 2.42. The maximum Gasteiger partial charge on any atom is 0.160 e. The van der Waals surface area contributed by atoms with E-state index in [1.54, 1.807) is 0 Å². The van der Waals surface area contributed by atoms with Gasteiger partial charge in [0.15, 0.2) is 5.82 Å². The molecule has 4 nitrogen and oxygen atoms in total. The zero-order valence-electron chi connectivity index (χ0n) is 27.6. The summed E-state index contributed by atoms with van der Waals surface area (Å²) in [7, 11) is 0. The van der Waals surface area contributed by atoms with Crippen LogP contribution >= 0.6 is 0 Å². The number of rotatable bonds is 5. The van der Waals surface area contributed by atoms with Gasteiger partial charge in [0, 0.05) is 54.9 Å². The van der Waals surface area contributed by atoms with Crippen LogP contribution < -0.4 is 0 Å². The molecule has 3 heterocycles. The first-order chi connectivity index (χ1) is 25.3. The predicted molar refractivity (Wildman–Crippen MR) is 211 cm³/mol. The fourth-order valence-corrected chi connectivity index (χ4v) is 7.42. The SMILES string of the molecule is c1ccc(-c2cc(-c3ccc(-c4nc5ccccc5c5c4ccc4c6ccccc6n(-c6ccccc6)c45)cc3)nc(-c3ccccc3)n2)cc1.